The van der Waals surface area contributed by atoms with E-state index < -0.39 is 5.66 Å². The third-order valence-corrected chi connectivity index (χ3v) is 5.39. The van der Waals surface area contributed by atoms with Crippen LogP contribution in [0.15, 0.2) is 53.3 Å². The molecule has 1 aliphatic heterocycles. The van der Waals surface area contributed by atoms with Crippen molar-refractivity contribution in [1.29, 1.82) is 0 Å². The van der Waals surface area contributed by atoms with E-state index in [9.17, 15) is 4.79 Å². The van der Waals surface area contributed by atoms with Gasteiger partial charge in [0.1, 0.15) is 5.66 Å². The van der Waals surface area contributed by atoms with Crippen molar-refractivity contribution in [3.8, 4) is 22.6 Å². The average Bonchev–Trinajstić information content (AvgIpc) is 2.68. The molecule has 1 aliphatic rings. The van der Waals surface area contributed by atoms with Crippen molar-refractivity contribution in [1.82, 2.24) is 14.8 Å². The summed E-state index contributed by atoms with van der Waals surface area (Å²) in [6, 6.07) is 15.9. The lowest BCUT2D eigenvalue weighted by atomic mass is 10.0. The SMILES string of the molecule is CC[C@]1(C)Nc2ccccc2-c2nc(=O)c(-c3ccc(C(C)C)cc3)nn21. The molecule has 0 unspecified atom stereocenters. The molecule has 27 heavy (non-hydrogen) atoms. The van der Waals surface area contributed by atoms with Crippen LogP contribution >= 0.6 is 0 Å². The summed E-state index contributed by atoms with van der Waals surface area (Å²) in [6.07, 6.45) is 0.803. The Morgan fingerprint density at radius 2 is 1.81 bits per heavy atom. The van der Waals surface area contributed by atoms with Crippen LogP contribution in [0, 0.1) is 0 Å². The highest BCUT2D eigenvalue weighted by Crippen LogP contribution is 2.37. The van der Waals surface area contributed by atoms with E-state index in [-0.39, 0.29) is 5.56 Å². The molecule has 2 aromatic carbocycles. The number of benzene rings is 2. The fourth-order valence-corrected chi connectivity index (χ4v) is 3.48. The number of anilines is 1. The van der Waals surface area contributed by atoms with Gasteiger partial charge in [0.05, 0.1) is 0 Å². The van der Waals surface area contributed by atoms with Gasteiger partial charge in [-0.15, -0.1) is 0 Å². The van der Waals surface area contributed by atoms with Crippen molar-refractivity contribution in [2.24, 2.45) is 0 Å². The number of nitrogens with zero attached hydrogens (tertiary/aromatic N) is 3. The van der Waals surface area contributed by atoms with Gasteiger partial charge in [-0.05, 0) is 37.0 Å². The maximum Gasteiger partial charge on any atom is 0.300 e. The predicted molar refractivity (Wildman–Crippen MR) is 109 cm³/mol. The quantitative estimate of drug-likeness (QED) is 0.741. The molecule has 5 heteroatoms. The van der Waals surface area contributed by atoms with E-state index in [2.05, 4.69) is 50.1 Å². The van der Waals surface area contributed by atoms with Gasteiger partial charge >= 0.3 is 0 Å². The smallest absolute Gasteiger partial charge is 0.300 e. The second-order valence-corrected chi connectivity index (χ2v) is 7.58. The molecular formula is C22H24N4O. The van der Waals surface area contributed by atoms with E-state index in [0.29, 0.717) is 17.4 Å². The van der Waals surface area contributed by atoms with E-state index >= 15 is 0 Å². The third-order valence-electron chi connectivity index (χ3n) is 5.39. The highest BCUT2D eigenvalue weighted by molar-refractivity contribution is 5.76. The maximum absolute atomic E-state index is 12.8. The number of aromatic nitrogens is 3. The summed E-state index contributed by atoms with van der Waals surface area (Å²) in [5, 5.41) is 8.32. The Hall–Kier alpha value is -2.95. The fraction of sp³-hybridized carbons (Fsp3) is 0.318. The molecule has 0 saturated carbocycles. The van der Waals surface area contributed by atoms with Crippen LogP contribution in [-0.4, -0.2) is 14.8 Å². The Kier molecular flexibility index (Phi) is 4.10. The van der Waals surface area contributed by atoms with Crippen molar-refractivity contribution >= 4 is 5.69 Å². The number of hydrogen-bond acceptors (Lipinski definition) is 4. The minimum atomic E-state index is -0.447. The minimum absolute atomic E-state index is 0.297. The van der Waals surface area contributed by atoms with E-state index in [4.69, 9.17) is 5.10 Å². The summed E-state index contributed by atoms with van der Waals surface area (Å²) in [4.78, 5) is 17.2. The zero-order valence-electron chi connectivity index (χ0n) is 16.2. The highest BCUT2D eigenvalue weighted by atomic mass is 16.1. The number of para-hydroxylation sites is 1. The lowest BCUT2D eigenvalue weighted by Crippen LogP contribution is -2.44. The molecule has 0 saturated heterocycles. The van der Waals surface area contributed by atoms with Crippen LogP contribution in [0.2, 0.25) is 0 Å². The second-order valence-electron chi connectivity index (χ2n) is 7.58. The molecule has 0 aliphatic carbocycles. The first-order chi connectivity index (χ1) is 12.9. The van der Waals surface area contributed by atoms with Gasteiger partial charge in [-0.2, -0.15) is 10.1 Å². The van der Waals surface area contributed by atoms with Gasteiger partial charge in [-0.25, -0.2) is 4.68 Å². The molecule has 0 fully saturated rings. The van der Waals surface area contributed by atoms with Crippen LogP contribution in [0.5, 0.6) is 0 Å². The van der Waals surface area contributed by atoms with Crippen LogP contribution in [0.25, 0.3) is 22.6 Å². The van der Waals surface area contributed by atoms with Gasteiger partial charge in [0.15, 0.2) is 11.5 Å². The van der Waals surface area contributed by atoms with Crippen LogP contribution in [0.1, 0.15) is 45.6 Å². The summed E-state index contributed by atoms with van der Waals surface area (Å²) >= 11 is 0. The van der Waals surface area contributed by atoms with Crippen LogP contribution in [0.4, 0.5) is 5.69 Å². The molecule has 3 aromatic rings. The lowest BCUT2D eigenvalue weighted by molar-refractivity contribution is 0.312. The van der Waals surface area contributed by atoms with Crippen LogP contribution in [0.3, 0.4) is 0 Å². The van der Waals surface area contributed by atoms with Crippen molar-refractivity contribution in [2.45, 2.75) is 45.7 Å². The van der Waals surface area contributed by atoms with Crippen molar-refractivity contribution in [2.75, 3.05) is 5.32 Å². The molecule has 0 bridgehead atoms. The molecule has 138 valence electrons. The Labute approximate surface area is 159 Å². The first kappa shape index (κ1) is 17.5. The van der Waals surface area contributed by atoms with Gasteiger partial charge in [-0.3, -0.25) is 4.79 Å². The van der Waals surface area contributed by atoms with E-state index in [1.54, 1.807) is 0 Å². The zero-order valence-corrected chi connectivity index (χ0v) is 16.2. The minimum Gasteiger partial charge on any atom is -0.361 e. The first-order valence-corrected chi connectivity index (χ1v) is 9.42. The molecule has 2 heterocycles. The molecule has 4 rings (SSSR count). The molecule has 1 aromatic heterocycles. The monoisotopic (exact) mass is 360 g/mol. The van der Waals surface area contributed by atoms with Crippen LogP contribution in [-0.2, 0) is 5.66 Å². The normalized spacial score (nSPS) is 18.0. The Balaban J connectivity index is 1.91. The number of rotatable bonds is 3. The number of nitrogens with one attached hydrogen (secondary N) is 1. The molecule has 1 atom stereocenters. The fourth-order valence-electron chi connectivity index (χ4n) is 3.48. The zero-order chi connectivity index (χ0) is 19.2. The molecular weight excluding hydrogens is 336 g/mol. The van der Waals surface area contributed by atoms with E-state index in [0.717, 1.165) is 23.2 Å². The lowest BCUT2D eigenvalue weighted by Gasteiger charge is -2.38. The molecule has 0 radical (unpaired) electrons. The van der Waals surface area contributed by atoms with E-state index in [1.807, 2.05) is 41.1 Å². The Bertz CT molecular complexity index is 1050. The van der Waals surface area contributed by atoms with E-state index in [1.165, 1.54) is 5.56 Å². The standard InChI is InChI=1S/C22H24N4O/c1-5-22(4)24-18-9-7-6-8-17(18)20-23-21(27)19(25-26(20)22)16-12-10-15(11-13-16)14(2)3/h6-14,24H,5H2,1-4H3/t22-/m1/s1. The second kappa shape index (κ2) is 6.34. The number of hydrogen-bond donors (Lipinski definition) is 1. The molecule has 0 spiro atoms. The Morgan fingerprint density at radius 3 is 2.48 bits per heavy atom. The largest absolute Gasteiger partial charge is 0.361 e. The van der Waals surface area contributed by atoms with Gasteiger partial charge < -0.3 is 5.32 Å². The summed E-state index contributed by atoms with van der Waals surface area (Å²) < 4.78 is 1.86. The van der Waals surface area contributed by atoms with Gasteiger partial charge in [0.2, 0.25) is 0 Å². The molecule has 0 amide bonds. The van der Waals surface area contributed by atoms with Gasteiger partial charge in [0.25, 0.3) is 5.56 Å². The summed E-state index contributed by atoms with van der Waals surface area (Å²) in [6.45, 7) is 8.48. The van der Waals surface area contributed by atoms with Crippen molar-refractivity contribution in [3.05, 3.63) is 64.4 Å². The summed E-state index contributed by atoms with van der Waals surface area (Å²) in [5.74, 6) is 1.06. The molecule has 5 nitrogen and oxygen atoms in total. The van der Waals surface area contributed by atoms with Crippen molar-refractivity contribution < 1.29 is 0 Å². The Morgan fingerprint density at radius 1 is 1.11 bits per heavy atom. The molecule has 1 N–H and O–H groups in total. The third kappa shape index (κ3) is 2.83. The summed E-state index contributed by atoms with van der Waals surface area (Å²) in [7, 11) is 0. The average molecular weight is 360 g/mol. The summed E-state index contributed by atoms with van der Waals surface area (Å²) in [5.41, 5.74) is 3.54. The van der Waals surface area contributed by atoms with Gasteiger partial charge in [-0.1, -0.05) is 57.2 Å². The van der Waals surface area contributed by atoms with Gasteiger partial charge in [0, 0.05) is 16.8 Å². The van der Waals surface area contributed by atoms with Crippen molar-refractivity contribution in [3.63, 3.8) is 0 Å². The topological polar surface area (TPSA) is 59.8 Å². The predicted octanol–water partition coefficient (Wildman–Crippen LogP) is 4.60. The first-order valence-electron chi connectivity index (χ1n) is 9.42. The highest BCUT2D eigenvalue weighted by Gasteiger charge is 2.34. The van der Waals surface area contributed by atoms with Crippen LogP contribution < -0.4 is 10.9 Å². The maximum atomic E-state index is 12.8. The number of fused-ring (bicyclic) bond motifs is 3.